The van der Waals surface area contributed by atoms with E-state index in [0.29, 0.717) is 19.9 Å². The van der Waals surface area contributed by atoms with Crippen molar-refractivity contribution in [1.29, 1.82) is 0 Å². The van der Waals surface area contributed by atoms with Crippen molar-refractivity contribution in [3.8, 4) is 0 Å². The van der Waals surface area contributed by atoms with Crippen molar-refractivity contribution in [2.24, 2.45) is 0 Å². The highest BCUT2D eigenvalue weighted by atomic mass is 35.5. The van der Waals surface area contributed by atoms with Crippen molar-refractivity contribution in [1.82, 2.24) is 0 Å². The number of amides is 1. The fourth-order valence-corrected chi connectivity index (χ4v) is 4.34. The molecule has 1 saturated heterocycles. The van der Waals surface area contributed by atoms with E-state index in [-0.39, 0.29) is 5.91 Å². The van der Waals surface area contributed by atoms with Gasteiger partial charge in [0.1, 0.15) is 0 Å². The molecular weight excluding hydrogens is 342 g/mol. The van der Waals surface area contributed by atoms with Crippen molar-refractivity contribution in [3.05, 3.63) is 56.1 Å². The Balaban J connectivity index is 1.94. The molecule has 0 aliphatic carbocycles. The van der Waals surface area contributed by atoms with Crippen LogP contribution < -0.4 is 4.90 Å². The van der Waals surface area contributed by atoms with E-state index in [1.54, 1.807) is 23.5 Å². The molecule has 1 aliphatic heterocycles. The Morgan fingerprint density at radius 2 is 2.10 bits per heavy atom. The zero-order chi connectivity index (χ0) is 15.0. The van der Waals surface area contributed by atoms with E-state index in [2.05, 4.69) is 0 Å². The van der Waals surface area contributed by atoms with Crippen LogP contribution in [-0.4, -0.2) is 10.2 Å². The minimum absolute atomic E-state index is 0.0988. The van der Waals surface area contributed by atoms with Crippen molar-refractivity contribution in [2.45, 2.75) is 6.92 Å². The van der Waals surface area contributed by atoms with Crippen molar-refractivity contribution in [3.63, 3.8) is 0 Å². The molecule has 0 spiro atoms. The smallest absolute Gasteiger partial charge is 0.268 e. The van der Waals surface area contributed by atoms with Crippen molar-refractivity contribution >= 4 is 68.9 Å². The van der Waals surface area contributed by atoms with E-state index in [9.17, 15) is 4.79 Å². The van der Waals surface area contributed by atoms with E-state index in [1.165, 1.54) is 21.5 Å². The van der Waals surface area contributed by atoms with Crippen LogP contribution in [0.4, 0.5) is 5.69 Å². The lowest BCUT2D eigenvalue weighted by molar-refractivity contribution is -0.113. The second kappa shape index (κ2) is 5.93. The molecule has 2 heterocycles. The van der Waals surface area contributed by atoms with Gasteiger partial charge in [0.25, 0.3) is 5.91 Å². The van der Waals surface area contributed by atoms with E-state index in [1.807, 2.05) is 37.3 Å². The number of halogens is 1. The molecule has 21 heavy (non-hydrogen) atoms. The monoisotopic (exact) mass is 351 g/mol. The first-order valence-corrected chi connectivity index (χ1v) is 8.56. The lowest BCUT2D eigenvalue weighted by Crippen LogP contribution is -2.27. The van der Waals surface area contributed by atoms with E-state index in [4.69, 9.17) is 23.8 Å². The molecule has 0 saturated carbocycles. The van der Waals surface area contributed by atoms with Gasteiger partial charge >= 0.3 is 0 Å². The van der Waals surface area contributed by atoms with Gasteiger partial charge in [0, 0.05) is 14.8 Å². The minimum Gasteiger partial charge on any atom is -0.268 e. The Morgan fingerprint density at radius 3 is 2.76 bits per heavy atom. The summed E-state index contributed by atoms with van der Waals surface area (Å²) in [6.45, 7) is 2.04. The number of hydrogen-bond donors (Lipinski definition) is 0. The predicted molar refractivity (Wildman–Crippen MR) is 96.2 cm³/mol. The second-order valence-corrected chi connectivity index (χ2v) is 7.88. The van der Waals surface area contributed by atoms with Crippen molar-refractivity contribution in [2.75, 3.05) is 4.90 Å². The van der Waals surface area contributed by atoms with Crippen LogP contribution in [0.1, 0.15) is 9.75 Å². The number of carbonyl (C=O) groups is 1. The Hall–Kier alpha value is -1.14. The average Bonchev–Trinajstić information content (AvgIpc) is 2.94. The minimum atomic E-state index is -0.0988. The van der Waals surface area contributed by atoms with Gasteiger partial charge in [0.2, 0.25) is 0 Å². The van der Waals surface area contributed by atoms with Crippen LogP contribution in [-0.2, 0) is 4.79 Å². The molecule has 0 atom stereocenters. The maximum atomic E-state index is 12.5. The highest BCUT2D eigenvalue weighted by Gasteiger charge is 2.33. The SMILES string of the molecule is Cc1ccc(C=C2SC(=S)N(c3cccc(Cl)c3)C2=O)s1. The third-order valence-electron chi connectivity index (χ3n) is 2.89. The highest BCUT2D eigenvalue weighted by Crippen LogP contribution is 2.37. The molecule has 1 fully saturated rings. The first-order valence-electron chi connectivity index (χ1n) is 6.14. The molecule has 2 aromatic rings. The molecule has 1 amide bonds. The van der Waals surface area contributed by atoms with Gasteiger partial charge in [-0.2, -0.15) is 0 Å². The summed E-state index contributed by atoms with van der Waals surface area (Å²) in [6, 6.07) is 11.2. The van der Waals surface area contributed by atoms with Gasteiger partial charge in [0.15, 0.2) is 4.32 Å². The van der Waals surface area contributed by atoms with Crippen LogP contribution >= 0.6 is 46.9 Å². The number of hydrogen-bond acceptors (Lipinski definition) is 4. The summed E-state index contributed by atoms with van der Waals surface area (Å²) in [5.74, 6) is -0.0988. The van der Waals surface area contributed by atoms with Gasteiger partial charge in [-0.05, 0) is 43.3 Å². The van der Waals surface area contributed by atoms with Crippen LogP contribution in [0.3, 0.4) is 0 Å². The Labute approximate surface area is 141 Å². The first kappa shape index (κ1) is 14.8. The van der Waals surface area contributed by atoms with Gasteiger partial charge < -0.3 is 0 Å². The van der Waals surface area contributed by atoms with Crippen LogP contribution in [0.5, 0.6) is 0 Å². The normalized spacial score (nSPS) is 17.0. The number of thiophene rings is 1. The maximum absolute atomic E-state index is 12.5. The largest absolute Gasteiger partial charge is 0.270 e. The van der Waals surface area contributed by atoms with E-state index >= 15 is 0 Å². The molecule has 1 aromatic carbocycles. The fraction of sp³-hybridized carbons (Fsp3) is 0.0667. The van der Waals surface area contributed by atoms with Gasteiger partial charge in [-0.15, -0.1) is 11.3 Å². The number of benzene rings is 1. The second-order valence-electron chi connectivity index (χ2n) is 4.45. The Morgan fingerprint density at radius 1 is 1.29 bits per heavy atom. The zero-order valence-electron chi connectivity index (χ0n) is 11.0. The molecule has 0 N–H and O–H groups in total. The predicted octanol–water partition coefficient (Wildman–Crippen LogP) is 5.12. The van der Waals surface area contributed by atoms with Gasteiger partial charge in [-0.3, -0.25) is 9.69 Å². The summed E-state index contributed by atoms with van der Waals surface area (Å²) in [5, 5.41) is 0.583. The third kappa shape index (κ3) is 3.06. The fourth-order valence-electron chi connectivity index (χ4n) is 1.97. The highest BCUT2D eigenvalue weighted by molar-refractivity contribution is 8.27. The molecule has 6 heteroatoms. The lowest BCUT2D eigenvalue weighted by atomic mass is 10.3. The van der Waals surface area contributed by atoms with E-state index in [0.717, 1.165) is 4.88 Å². The van der Waals surface area contributed by atoms with Crippen molar-refractivity contribution < 1.29 is 4.79 Å². The Kier molecular flexibility index (Phi) is 4.17. The molecule has 0 unspecified atom stereocenters. The van der Waals surface area contributed by atoms with Crippen LogP contribution in [0.15, 0.2) is 41.3 Å². The van der Waals surface area contributed by atoms with Crippen LogP contribution in [0, 0.1) is 6.92 Å². The topological polar surface area (TPSA) is 20.3 Å². The molecule has 2 nitrogen and oxygen atoms in total. The van der Waals surface area contributed by atoms with E-state index < -0.39 is 0 Å². The zero-order valence-corrected chi connectivity index (χ0v) is 14.2. The van der Waals surface area contributed by atoms with Crippen LogP contribution in [0.2, 0.25) is 5.02 Å². The molecule has 0 bridgehead atoms. The van der Waals surface area contributed by atoms with Crippen LogP contribution in [0.25, 0.3) is 6.08 Å². The number of thioether (sulfide) groups is 1. The number of rotatable bonds is 2. The number of anilines is 1. The number of carbonyl (C=O) groups excluding carboxylic acids is 1. The van der Waals surface area contributed by atoms with Gasteiger partial charge in [0.05, 0.1) is 10.6 Å². The maximum Gasteiger partial charge on any atom is 0.270 e. The lowest BCUT2D eigenvalue weighted by Gasteiger charge is -2.14. The Bertz CT molecular complexity index is 766. The standard InChI is InChI=1S/C15H10ClNOS3/c1-9-5-6-12(20-9)8-13-14(18)17(15(19)21-13)11-4-2-3-10(16)7-11/h2-8H,1H3. The van der Waals surface area contributed by atoms with Gasteiger partial charge in [-0.25, -0.2) is 0 Å². The third-order valence-corrected chi connectivity index (χ3v) is 5.38. The quantitative estimate of drug-likeness (QED) is 0.553. The number of aryl methyl sites for hydroxylation is 1. The molecule has 0 radical (unpaired) electrons. The molecule has 1 aromatic heterocycles. The summed E-state index contributed by atoms with van der Waals surface area (Å²) in [5.41, 5.74) is 0.704. The first-order chi connectivity index (χ1) is 10.0. The average molecular weight is 352 g/mol. The number of thiocarbonyl (C=S) groups is 1. The van der Waals surface area contributed by atoms with Gasteiger partial charge in [-0.1, -0.05) is 41.6 Å². The summed E-state index contributed by atoms with van der Waals surface area (Å²) in [4.78, 5) is 17.0. The molecule has 1 aliphatic rings. The molecular formula is C15H10ClNOS3. The summed E-state index contributed by atoms with van der Waals surface area (Å²) < 4.78 is 0.529. The number of nitrogens with zero attached hydrogens (tertiary/aromatic N) is 1. The summed E-state index contributed by atoms with van der Waals surface area (Å²) in [6.07, 6.45) is 1.89. The summed E-state index contributed by atoms with van der Waals surface area (Å²) in [7, 11) is 0. The summed E-state index contributed by atoms with van der Waals surface area (Å²) >= 11 is 14.3. The molecule has 106 valence electrons. The molecule has 3 rings (SSSR count).